The largest absolute Gasteiger partial charge is 0.461 e. The molecule has 250 valence electrons. The minimum atomic E-state index is -0.830. The lowest BCUT2D eigenvalue weighted by Gasteiger charge is -2.35. The van der Waals surface area contributed by atoms with Crippen LogP contribution in [0.3, 0.4) is 0 Å². The fourth-order valence-electron chi connectivity index (χ4n) is 8.79. The molecule has 5 atom stereocenters. The maximum atomic E-state index is 14.6. The summed E-state index contributed by atoms with van der Waals surface area (Å²) in [7, 11) is 3.48. The molecule has 2 aromatic heterocycles. The van der Waals surface area contributed by atoms with Crippen LogP contribution in [0.4, 0.5) is 15.9 Å². The molecule has 1 aliphatic carbocycles. The van der Waals surface area contributed by atoms with Crippen molar-refractivity contribution in [2.75, 3.05) is 51.0 Å². The number of nitrogen functional groups attached to an aromatic ring is 1. The first kappa shape index (κ1) is 30.6. The van der Waals surface area contributed by atoms with Gasteiger partial charge in [-0.3, -0.25) is 14.4 Å². The molecule has 47 heavy (non-hydrogen) atoms. The number of aromatic nitrogens is 4. The van der Waals surface area contributed by atoms with Crippen LogP contribution in [-0.4, -0.2) is 93.6 Å². The lowest BCUT2D eigenvalue weighted by Crippen LogP contribution is -2.43. The van der Waals surface area contributed by atoms with Crippen LogP contribution in [0.5, 0.6) is 6.01 Å². The van der Waals surface area contributed by atoms with E-state index in [-0.39, 0.29) is 23.5 Å². The molecule has 0 radical (unpaired) electrons. The Bertz CT molecular complexity index is 1700. The first-order chi connectivity index (χ1) is 22.7. The third-order valence-corrected chi connectivity index (χ3v) is 11.2. The second kappa shape index (κ2) is 11.7. The zero-order valence-corrected chi connectivity index (χ0v) is 27.6. The Morgan fingerprint density at radius 3 is 2.89 bits per heavy atom. The number of nitrogens with zero attached hydrogens (tertiary/aromatic N) is 7. The van der Waals surface area contributed by atoms with E-state index in [1.54, 1.807) is 19.0 Å². The van der Waals surface area contributed by atoms with E-state index in [1.807, 2.05) is 16.8 Å². The van der Waals surface area contributed by atoms with Crippen molar-refractivity contribution in [2.45, 2.75) is 94.8 Å². The normalized spacial score (nSPS) is 28.4. The van der Waals surface area contributed by atoms with Gasteiger partial charge in [0.1, 0.15) is 18.6 Å². The molecule has 0 saturated carbocycles. The highest BCUT2D eigenvalue weighted by atomic mass is 19.1. The molecular weight excluding hydrogens is 599 g/mol. The van der Waals surface area contributed by atoms with Gasteiger partial charge in [-0.1, -0.05) is 13.0 Å². The molecule has 2 saturated heterocycles. The topological polar surface area (TPSA) is 115 Å². The van der Waals surface area contributed by atoms with Crippen LogP contribution >= 0.6 is 0 Å². The van der Waals surface area contributed by atoms with Crippen LogP contribution in [0.25, 0.3) is 0 Å². The van der Waals surface area contributed by atoms with Crippen molar-refractivity contribution < 1.29 is 18.7 Å². The van der Waals surface area contributed by atoms with Crippen molar-refractivity contribution in [3.05, 3.63) is 58.0 Å². The van der Waals surface area contributed by atoms with Gasteiger partial charge in [0.15, 0.2) is 5.69 Å². The number of benzene rings is 1. The second-order valence-corrected chi connectivity index (χ2v) is 14.5. The molecule has 6 heterocycles. The van der Waals surface area contributed by atoms with Gasteiger partial charge in [0.2, 0.25) is 0 Å². The maximum absolute atomic E-state index is 14.6. The number of halogens is 1. The van der Waals surface area contributed by atoms with Gasteiger partial charge < -0.3 is 25.0 Å². The number of amides is 1. The van der Waals surface area contributed by atoms with Crippen molar-refractivity contribution in [3.8, 4) is 6.01 Å². The number of hydrogen-bond acceptors (Lipinski definition) is 9. The Kier molecular flexibility index (Phi) is 7.63. The van der Waals surface area contributed by atoms with Gasteiger partial charge in [-0.05, 0) is 73.9 Å². The van der Waals surface area contributed by atoms with Gasteiger partial charge in [0, 0.05) is 57.3 Å². The summed E-state index contributed by atoms with van der Waals surface area (Å²) >= 11 is 0. The van der Waals surface area contributed by atoms with E-state index in [4.69, 9.17) is 25.2 Å². The SMILES string of the molecule is C[C@@H]1C[C@@H]2OCc3c(nc(OC[C@@]45CCCN4C[C@H](F)C5)nc3N3CCCn4nc(C(=O)N(C)C)cc4C3)CC2c2cc(N)ccc21. The summed E-state index contributed by atoms with van der Waals surface area (Å²) < 4.78 is 29.8. The van der Waals surface area contributed by atoms with E-state index < -0.39 is 6.17 Å². The van der Waals surface area contributed by atoms with E-state index in [2.05, 4.69) is 34.0 Å². The molecule has 1 amide bonds. The highest BCUT2D eigenvalue weighted by Crippen LogP contribution is 2.46. The Hall–Kier alpha value is -3.77. The third kappa shape index (κ3) is 5.43. The molecule has 5 aliphatic rings. The molecule has 4 aliphatic heterocycles. The number of anilines is 2. The molecule has 2 N–H and O–H groups in total. The van der Waals surface area contributed by atoms with Crippen LogP contribution in [0.2, 0.25) is 0 Å². The number of alkyl halides is 1. The Balaban J connectivity index is 1.17. The first-order valence-corrected chi connectivity index (χ1v) is 17.1. The predicted octanol–water partition coefficient (Wildman–Crippen LogP) is 4.05. The first-order valence-electron chi connectivity index (χ1n) is 17.1. The molecule has 2 fully saturated rings. The summed E-state index contributed by atoms with van der Waals surface area (Å²) in [6.07, 6.45) is 4.11. The van der Waals surface area contributed by atoms with E-state index in [9.17, 15) is 9.18 Å². The minimum absolute atomic E-state index is 0.0294. The number of fused-ring (bicyclic) bond motifs is 6. The van der Waals surface area contributed by atoms with Crippen molar-refractivity contribution in [3.63, 3.8) is 0 Å². The second-order valence-electron chi connectivity index (χ2n) is 14.5. The van der Waals surface area contributed by atoms with Gasteiger partial charge in [0.05, 0.1) is 36.2 Å². The molecule has 8 rings (SSSR count). The molecule has 12 heteroatoms. The number of carbonyl (C=O) groups is 1. The van der Waals surface area contributed by atoms with E-state index in [0.717, 1.165) is 67.2 Å². The molecule has 3 aromatic rings. The number of nitrogens with two attached hydrogens (primary N) is 1. The minimum Gasteiger partial charge on any atom is -0.461 e. The Morgan fingerprint density at radius 1 is 1.17 bits per heavy atom. The van der Waals surface area contributed by atoms with E-state index >= 15 is 0 Å². The fourth-order valence-corrected chi connectivity index (χ4v) is 8.79. The lowest BCUT2D eigenvalue weighted by atomic mass is 9.73. The number of aryl methyl sites for hydroxylation is 1. The maximum Gasteiger partial charge on any atom is 0.318 e. The summed E-state index contributed by atoms with van der Waals surface area (Å²) in [6.45, 7) is 6.42. The van der Waals surface area contributed by atoms with Gasteiger partial charge in [-0.2, -0.15) is 15.1 Å². The molecular formula is C35H45FN8O3. The van der Waals surface area contributed by atoms with Crippen LogP contribution in [0.1, 0.15) is 89.4 Å². The zero-order chi connectivity index (χ0) is 32.4. The predicted molar refractivity (Wildman–Crippen MR) is 175 cm³/mol. The number of rotatable bonds is 5. The van der Waals surface area contributed by atoms with Crippen molar-refractivity contribution in [1.82, 2.24) is 29.5 Å². The smallest absolute Gasteiger partial charge is 0.318 e. The monoisotopic (exact) mass is 644 g/mol. The lowest BCUT2D eigenvalue weighted by molar-refractivity contribution is 0.0136. The number of ether oxygens (including phenoxy) is 2. The van der Waals surface area contributed by atoms with Gasteiger partial charge in [-0.25, -0.2) is 4.39 Å². The highest BCUT2D eigenvalue weighted by molar-refractivity contribution is 5.92. The van der Waals surface area contributed by atoms with Crippen LogP contribution in [0, 0.1) is 0 Å². The molecule has 0 spiro atoms. The van der Waals surface area contributed by atoms with Crippen molar-refractivity contribution in [2.24, 2.45) is 0 Å². The summed E-state index contributed by atoms with van der Waals surface area (Å²) in [6, 6.07) is 8.50. The van der Waals surface area contributed by atoms with Gasteiger partial charge >= 0.3 is 6.01 Å². The quantitative estimate of drug-likeness (QED) is 0.411. The van der Waals surface area contributed by atoms with Crippen molar-refractivity contribution in [1.29, 1.82) is 0 Å². The average molecular weight is 645 g/mol. The Morgan fingerprint density at radius 2 is 2.04 bits per heavy atom. The van der Waals surface area contributed by atoms with Crippen LogP contribution < -0.4 is 15.4 Å². The molecule has 0 bridgehead atoms. The molecule has 1 unspecified atom stereocenters. The zero-order valence-electron chi connectivity index (χ0n) is 27.6. The summed E-state index contributed by atoms with van der Waals surface area (Å²) in [5.74, 6) is 1.16. The number of carbonyl (C=O) groups excluding carboxylic acids is 1. The number of hydrogen-bond donors (Lipinski definition) is 1. The summed E-state index contributed by atoms with van der Waals surface area (Å²) in [5, 5.41) is 4.65. The van der Waals surface area contributed by atoms with Crippen molar-refractivity contribution >= 4 is 17.4 Å². The van der Waals surface area contributed by atoms with Gasteiger partial charge in [-0.15, -0.1) is 0 Å². The van der Waals surface area contributed by atoms with E-state index in [1.165, 1.54) is 11.1 Å². The van der Waals surface area contributed by atoms with Crippen LogP contribution in [0.15, 0.2) is 24.3 Å². The fraction of sp³-hybridized carbons (Fsp3) is 0.600. The summed E-state index contributed by atoms with van der Waals surface area (Å²) in [4.78, 5) is 29.0. The molecule has 1 aromatic carbocycles. The summed E-state index contributed by atoms with van der Waals surface area (Å²) in [5.41, 5.74) is 12.6. The standard InChI is InChI=1S/C35H45FN8O3/c1-21-12-31-27(26-13-23(37)6-7-25(21)26)15-29-28(19-46-31)32(39-34(38-29)47-20-35-8-4-10-43(35)17-22(36)16-35)42-9-5-11-44-24(18-42)14-30(40-44)33(45)41(2)3/h6-7,13-14,21-22,27,31H,4-5,8-12,15-20,37H2,1-3H3/t21-,22-,27?,31+,35+/m1/s1. The van der Waals surface area contributed by atoms with Gasteiger partial charge in [0.25, 0.3) is 5.91 Å². The van der Waals surface area contributed by atoms with Crippen LogP contribution in [-0.2, 0) is 30.9 Å². The molecule has 11 nitrogen and oxygen atoms in total. The Labute approximate surface area is 275 Å². The highest BCUT2D eigenvalue weighted by Gasteiger charge is 2.49. The van der Waals surface area contributed by atoms with E-state index in [0.29, 0.717) is 63.3 Å². The average Bonchev–Trinajstić information content (AvgIpc) is 3.61. The third-order valence-electron chi connectivity index (χ3n) is 11.2.